The lowest BCUT2D eigenvalue weighted by Gasteiger charge is -2.21. The largest absolute Gasteiger partial charge is 0.456 e. The van der Waals surface area contributed by atoms with Crippen LogP contribution in [0.1, 0.15) is 22.4 Å². The van der Waals surface area contributed by atoms with Crippen molar-refractivity contribution in [2.45, 2.75) is 47.3 Å². The molecule has 0 spiro atoms. The van der Waals surface area contributed by atoms with Gasteiger partial charge in [-0.1, -0.05) is 68.2 Å². The number of benzene rings is 3. The number of pyridine rings is 1. The van der Waals surface area contributed by atoms with Crippen LogP contribution in [-0.4, -0.2) is 8.07 Å². The van der Waals surface area contributed by atoms with E-state index in [9.17, 15) is 0 Å². The molecular formula is C32H33N2OSi+. The molecule has 2 heterocycles. The first-order valence-corrected chi connectivity index (χ1v) is 16.0. The molecule has 0 radical (unpaired) electrons. The van der Waals surface area contributed by atoms with Gasteiger partial charge in [-0.3, -0.25) is 0 Å². The topological polar surface area (TPSA) is 21.4 Å². The molecule has 0 amide bonds. The Kier molecular flexibility index (Phi) is 5.65. The van der Waals surface area contributed by atoms with E-state index in [0.717, 1.165) is 49.9 Å². The van der Waals surface area contributed by atoms with Gasteiger partial charge in [0.25, 0.3) is 0 Å². The molecular weight excluding hydrogens is 456 g/mol. The zero-order valence-electron chi connectivity index (χ0n) is 22.5. The number of hydrogen-bond acceptors (Lipinski definition) is 1. The van der Waals surface area contributed by atoms with E-state index in [2.05, 4.69) is 93.3 Å². The molecule has 0 fully saturated rings. The van der Waals surface area contributed by atoms with E-state index >= 15 is 0 Å². The highest BCUT2D eigenvalue weighted by Gasteiger charge is 2.30. The second-order valence-electron chi connectivity index (χ2n) is 11.0. The highest BCUT2D eigenvalue weighted by Crippen LogP contribution is 2.45. The summed E-state index contributed by atoms with van der Waals surface area (Å²) in [6.07, 6.45) is 0. The van der Waals surface area contributed by atoms with Gasteiger partial charge >= 0.3 is 0 Å². The Bertz CT molecular complexity index is 1710. The highest BCUT2D eigenvalue weighted by molar-refractivity contribution is 6.89. The maximum Gasteiger partial charge on any atom is 0.216 e. The van der Waals surface area contributed by atoms with Gasteiger partial charge in [0.15, 0.2) is 5.69 Å². The van der Waals surface area contributed by atoms with Gasteiger partial charge in [-0.25, -0.2) is 4.85 Å². The van der Waals surface area contributed by atoms with Crippen LogP contribution in [0, 0.1) is 34.3 Å². The monoisotopic (exact) mass is 489 g/mol. The second-order valence-corrected chi connectivity index (χ2v) is 16.0. The minimum atomic E-state index is -1.51. The third-order valence-corrected chi connectivity index (χ3v) is 9.71. The summed E-state index contributed by atoms with van der Waals surface area (Å²) in [6.45, 7) is 23.8. The molecule has 5 aromatic rings. The van der Waals surface area contributed by atoms with E-state index in [1.807, 2.05) is 25.1 Å². The summed E-state index contributed by atoms with van der Waals surface area (Å²) >= 11 is 0. The molecule has 0 saturated heterocycles. The fourth-order valence-electron chi connectivity index (χ4n) is 5.91. The number of aromatic nitrogens is 1. The zero-order chi connectivity index (χ0) is 25.9. The van der Waals surface area contributed by atoms with Gasteiger partial charge in [-0.05, 0) is 43.0 Å². The van der Waals surface area contributed by atoms with Crippen molar-refractivity contribution in [3.05, 3.63) is 88.4 Å². The first-order valence-electron chi connectivity index (χ1n) is 12.5. The van der Waals surface area contributed by atoms with Gasteiger partial charge in [0.1, 0.15) is 18.2 Å². The standard InChI is InChI=1S/C32H33N2OSi/c1-19-15-16-24-25-17-20(2)29(33-5)28(23-13-11-10-12-14-23)31(25)35-30(24)27(19)26-18-21(3)32(36(7,8)9)22(4)34(26)6/h10-18H,1-4,6-9H3/q+1. The highest BCUT2D eigenvalue weighted by atomic mass is 28.3. The van der Waals surface area contributed by atoms with Crippen molar-refractivity contribution in [2.24, 2.45) is 7.05 Å². The Balaban J connectivity index is 1.92. The van der Waals surface area contributed by atoms with Gasteiger partial charge in [0, 0.05) is 34.5 Å². The maximum atomic E-state index is 7.92. The molecule has 0 saturated carbocycles. The molecule has 3 aromatic carbocycles. The fourth-order valence-corrected chi connectivity index (χ4v) is 8.42. The Morgan fingerprint density at radius 1 is 0.778 bits per heavy atom. The molecule has 2 aromatic heterocycles. The molecule has 0 aliphatic heterocycles. The summed E-state index contributed by atoms with van der Waals surface area (Å²) in [5.41, 5.74) is 11.3. The quantitative estimate of drug-likeness (QED) is 0.143. The fraction of sp³-hybridized carbons (Fsp3) is 0.250. The van der Waals surface area contributed by atoms with Gasteiger partial charge in [0.2, 0.25) is 11.4 Å². The Morgan fingerprint density at radius 3 is 2.08 bits per heavy atom. The number of nitrogens with zero attached hydrogens (tertiary/aromatic N) is 2. The number of aryl methyl sites for hydroxylation is 3. The Labute approximate surface area is 214 Å². The predicted molar refractivity (Wildman–Crippen MR) is 154 cm³/mol. The van der Waals surface area contributed by atoms with Crippen LogP contribution in [0.3, 0.4) is 0 Å². The SMILES string of the molecule is [C-]#[N+]c1c(C)cc2c(oc3c(-c4cc(C)c([Si](C)(C)C)c(C)[n+]4C)c(C)ccc32)c1-c1ccccc1. The van der Waals surface area contributed by atoms with Crippen molar-refractivity contribution in [1.29, 1.82) is 0 Å². The minimum Gasteiger partial charge on any atom is -0.456 e. The average molecular weight is 490 g/mol. The lowest BCUT2D eigenvalue weighted by Crippen LogP contribution is -2.50. The van der Waals surface area contributed by atoms with Gasteiger partial charge in [-0.2, -0.15) is 4.57 Å². The van der Waals surface area contributed by atoms with Crippen LogP contribution < -0.4 is 9.75 Å². The molecule has 0 unspecified atom stereocenters. The minimum absolute atomic E-state index is 0.655. The van der Waals surface area contributed by atoms with Crippen molar-refractivity contribution >= 4 is 40.9 Å². The van der Waals surface area contributed by atoms with Crippen LogP contribution in [0.25, 0.3) is 49.2 Å². The summed E-state index contributed by atoms with van der Waals surface area (Å²) in [5, 5.41) is 3.67. The first-order chi connectivity index (χ1) is 17.0. The Morgan fingerprint density at radius 2 is 1.44 bits per heavy atom. The van der Waals surface area contributed by atoms with Crippen LogP contribution in [0.15, 0.2) is 59.0 Å². The van der Waals surface area contributed by atoms with E-state index in [4.69, 9.17) is 11.0 Å². The van der Waals surface area contributed by atoms with Crippen LogP contribution in [0.5, 0.6) is 0 Å². The summed E-state index contributed by atoms with van der Waals surface area (Å²) in [7, 11) is 0.666. The van der Waals surface area contributed by atoms with Crippen LogP contribution in [0.2, 0.25) is 19.6 Å². The lowest BCUT2D eigenvalue weighted by molar-refractivity contribution is -0.665. The van der Waals surface area contributed by atoms with E-state index in [1.165, 1.54) is 22.0 Å². The van der Waals surface area contributed by atoms with Gasteiger partial charge in [-0.15, -0.1) is 0 Å². The molecule has 0 atom stereocenters. The summed E-state index contributed by atoms with van der Waals surface area (Å²) in [5.74, 6) is 0. The lowest BCUT2D eigenvalue weighted by atomic mass is 9.95. The van der Waals surface area contributed by atoms with E-state index in [0.29, 0.717) is 5.69 Å². The Hall–Kier alpha value is -3.68. The van der Waals surface area contributed by atoms with Crippen molar-refractivity contribution in [2.75, 3.05) is 0 Å². The van der Waals surface area contributed by atoms with Crippen molar-refractivity contribution in [1.82, 2.24) is 0 Å². The molecule has 0 aliphatic rings. The molecule has 180 valence electrons. The van der Waals surface area contributed by atoms with Crippen molar-refractivity contribution in [3.63, 3.8) is 0 Å². The normalized spacial score (nSPS) is 11.9. The van der Waals surface area contributed by atoms with Crippen LogP contribution in [0.4, 0.5) is 5.69 Å². The average Bonchev–Trinajstić information content (AvgIpc) is 3.18. The number of fused-ring (bicyclic) bond motifs is 3. The van der Waals surface area contributed by atoms with Crippen molar-refractivity contribution in [3.8, 4) is 22.4 Å². The van der Waals surface area contributed by atoms with E-state index < -0.39 is 8.07 Å². The van der Waals surface area contributed by atoms with Crippen LogP contribution in [-0.2, 0) is 7.05 Å². The molecule has 4 heteroatoms. The molecule has 0 N–H and O–H groups in total. The smallest absolute Gasteiger partial charge is 0.216 e. The number of rotatable bonds is 3. The second kappa shape index (κ2) is 8.46. The van der Waals surface area contributed by atoms with Crippen molar-refractivity contribution < 1.29 is 8.98 Å². The number of furan rings is 1. The maximum absolute atomic E-state index is 7.92. The summed E-state index contributed by atoms with van der Waals surface area (Å²) in [6, 6.07) is 19.0. The predicted octanol–water partition coefficient (Wildman–Crippen LogP) is 8.07. The van der Waals surface area contributed by atoms with E-state index in [-0.39, 0.29) is 0 Å². The first kappa shape index (κ1) is 24.0. The zero-order valence-corrected chi connectivity index (χ0v) is 23.5. The summed E-state index contributed by atoms with van der Waals surface area (Å²) < 4.78 is 9.12. The molecule has 3 nitrogen and oxygen atoms in total. The molecule has 36 heavy (non-hydrogen) atoms. The van der Waals surface area contributed by atoms with Gasteiger partial charge < -0.3 is 4.42 Å². The molecule has 0 aliphatic carbocycles. The third-order valence-electron chi connectivity index (χ3n) is 7.46. The summed E-state index contributed by atoms with van der Waals surface area (Å²) in [4.78, 5) is 3.92. The molecule has 5 rings (SSSR count). The number of hydrogen-bond donors (Lipinski definition) is 0. The van der Waals surface area contributed by atoms with Gasteiger partial charge in [0.05, 0.1) is 20.2 Å². The molecule has 0 bridgehead atoms. The third kappa shape index (κ3) is 3.58. The van der Waals surface area contributed by atoms with E-state index in [1.54, 1.807) is 0 Å². The van der Waals surface area contributed by atoms with Crippen LogP contribution >= 0.6 is 0 Å².